The van der Waals surface area contributed by atoms with E-state index in [1.807, 2.05) is 0 Å². The summed E-state index contributed by atoms with van der Waals surface area (Å²) in [6, 6.07) is 0. The van der Waals surface area contributed by atoms with Crippen LogP contribution in [0.4, 0.5) is 0 Å². The molecular weight excluding hydrogens is 279 g/mol. The van der Waals surface area contributed by atoms with E-state index in [0.29, 0.717) is 17.5 Å². The van der Waals surface area contributed by atoms with Crippen molar-refractivity contribution < 1.29 is 93.0 Å². The molecule has 0 aliphatic carbocycles. The van der Waals surface area contributed by atoms with Gasteiger partial charge in [0.25, 0.3) is 0 Å². The van der Waals surface area contributed by atoms with Crippen molar-refractivity contribution in [3.05, 3.63) is 17.5 Å². The minimum atomic E-state index is 0. The first-order valence-electron chi connectivity index (χ1n) is 2.91. The number of nitrogens with zero attached hydrogens (tertiary/aromatic N) is 3. The maximum absolute atomic E-state index is 4.66. The van der Waals surface area contributed by atoms with E-state index in [4.69, 9.17) is 0 Å². The molecule has 9 heteroatoms. The van der Waals surface area contributed by atoms with Gasteiger partial charge < -0.3 is 4.28 Å². The van der Waals surface area contributed by atoms with Crippen LogP contribution in [0, 0.1) is 0 Å². The summed E-state index contributed by atoms with van der Waals surface area (Å²) < 4.78 is 0. The molecule has 0 aliphatic heterocycles. The zero-order valence-electron chi connectivity index (χ0n) is 11.8. The van der Waals surface area contributed by atoms with E-state index in [9.17, 15) is 0 Å². The van der Waals surface area contributed by atoms with E-state index in [1.165, 1.54) is 16.1 Å². The molecule has 1 heterocycles. The van der Waals surface area contributed by atoms with Crippen molar-refractivity contribution in [2.45, 2.75) is 0 Å². The number of aromatic nitrogens is 3. The van der Waals surface area contributed by atoms with E-state index in [2.05, 4.69) is 51.6 Å². The molecule has 0 bridgehead atoms. The van der Waals surface area contributed by atoms with Crippen molar-refractivity contribution in [2.75, 3.05) is 0 Å². The third-order valence-corrected chi connectivity index (χ3v) is 1.64. The Kier molecular flexibility index (Phi) is 19.1. The normalized spacial score (nSPS) is 7.20. The number of rotatable bonds is 3. The summed E-state index contributed by atoms with van der Waals surface area (Å²) in [5.74, 6) is 1.23. The Labute approximate surface area is 175 Å². The Bertz CT molecular complexity index is 295. The van der Waals surface area contributed by atoms with Crippen molar-refractivity contribution in [1.82, 2.24) is 15.0 Å². The summed E-state index contributed by atoms with van der Waals surface area (Å²) in [4.78, 5) is 11.7. The Hall–Kier alpha value is 2.28. The van der Waals surface area contributed by atoms with E-state index in [-0.39, 0.29) is 93.0 Å². The van der Waals surface area contributed by atoms with Crippen LogP contribution >= 0.6 is 36.7 Å². The molecule has 0 aromatic carbocycles. The number of thiocarbonyl (C=S) groups is 3. The molecular formula is C6H6N3Na3S3. The molecule has 0 radical (unpaired) electrons. The maximum Gasteiger partial charge on any atom is 1.00 e. The van der Waals surface area contributed by atoms with Crippen LogP contribution in [0.1, 0.15) is 21.8 Å². The standard InChI is InChI=1S/C6H3N3S3.3Na.3H/c10-1-4-7-5(2-11)9-6(3-12)8-4;;;;;;/h1-3H;;;;;;/q;3*+1;3*-1. The predicted molar refractivity (Wildman–Crippen MR) is 61.4 cm³/mol. The molecule has 0 fully saturated rings. The second kappa shape index (κ2) is 12.7. The Morgan fingerprint density at radius 2 is 0.867 bits per heavy atom. The molecule has 0 amide bonds. The second-order valence-electron chi connectivity index (χ2n) is 1.76. The Morgan fingerprint density at radius 3 is 1.00 bits per heavy atom. The topological polar surface area (TPSA) is 38.7 Å². The van der Waals surface area contributed by atoms with Gasteiger partial charge in [-0.2, -0.15) is 0 Å². The molecule has 15 heavy (non-hydrogen) atoms. The first-order valence-corrected chi connectivity index (χ1v) is 4.33. The summed E-state index contributed by atoms with van der Waals surface area (Å²) in [6.45, 7) is 0. The van der Waals surface area contributed by atoms with Crippen molar-refractivity contribution in [3.63, 3.8) is 0 Å². The van der Waals surface area contributed by atoms with Crippen LogP contribution in [0.5, 0.6) is 0 Å². The fourth-order valence-corrected chi connectivity index (χ4v) is 0.901. The first kappa shape index (κ1) is 22.5. The maximum atomic E-state index is 4.66. The molecule has 66 valence electrons. The molecule has 1 rings (SSSR count). The molecule has 0 aliphatic rings. The first-order chi connectivity index (χ1) is 5.80. The Balaban J connectivity index is -0.0000000600. The zero-order valence-corrected chi connectivity index (χ0v) is 17.2. The fourth-order valence-electron chi connectivity index (χ4n) is 0.585. The van der Waals surface area contributed by atoms with Crippen molar-refractivity contribution in [2.24, 2.45) is 0 Å². The number of hydrogen-bond donors (Lipinski definition) is 0. The van der Waals surface area contributed by atoms with Crippen LogP contribution in [-0.4, -0.2) is 31.1 Å². The van der Waals surface area contributed by atoms with E-state index >= 15 is 0 Å². The van der Waals surface area contributed by atoms with Crippen LogP contribution in [0.15, 0.2) is 0 Å². The summed E-state index contributed by atoms with van der Waals surface area (Å²) in [5, 5.41) is 4.06. The minimum absolute atomic E-state index is 0. The van der Waals surface area contributed by atoms with Crippen LogP contribution in [-0.2, 0) is 0 Å². The quantitative estimate of drug-likeness (QED) is 0.406. The van der Waals surface area contributed by atoms with Crippen molar-refractivity contribution >= 4 is 52.8 Å². The van der Waals surface area contributed by atoms with Gasteiger partial charge in [0.1, 0.15) is 0 Å². The van der Waals surface area contributed by atoms with Crippen molar-refractivity contribution in [3.8, 4) is 0 Å². The van der Waals surface area contributed by atoms with E-state index < -0.39 is 0 Å². The molecule has 0 spiro atoms. The summed E-state index contributed by atoms with van der Waals surface area (Å²) in [5.41, 5.74) is 0. The molecule has 3 nitrogen and oxygen atoms in total. The molecule has 1 aromatic rings. The summed E-state index contributed by atoms with van der Waals surface area (Å²) >= 11 is 14.0. The molecule has 0 atom stereocenters. The van der Waals surface area contributed by atoms with Gasteiger partial charge in [0.2, 0.25) is 0 Å². The van der Waals surface area contributed by atoms with Gasteiger partial charge in [-0.15, -0.1) is 0 Å². The predicted octanol–water partition coefficient (Wildman–Crippen LogP) is -7.74. The third kappa shape index (κ3) is 8.07. The average Bonchev–Trinajstić information content (AvgIpc) is 2.16. The molecule has 0 saturated heterocycles. The van der Waals surface area contributed by atoms with Crippen LogP contribution in [0.25, 0.3) is 0 Å². The van der Waals surface area contributed by atoms with Gasteiger partial charge in [0.15, 0.2) is 17.5 Å². The van der Waals surface area contributed by atoms with Gasteiger partial charge in [0, 0.05) is 16.1 Å². The van der Waals surface area contributed by atoms with Gasteiger partial charge in [-0.25, -0.2) is 15.0 Å². The zero-order chi connectivity index (χ0) is 8.97. The summed E-state index contributed by atoms with van der Waals surface area (Å²) in [6.07, 6.45) is 0. The van der Waals surface area contributed by atoms with Crippen LogP contribution < -0.4 is 88.7 Å². The second-order valence-corrected chi connectivity index (χ2v) is 2.47. The number of hydrogen-bond acceptors (Lipinski definition) is 6. The van der Waals surface area contributed by atoms with E-state index in [0.717, 1.165) is 0 Å². The van der Waals surface area contributed by atoms with Crippen molar-refractivity contribution in [1.29, 1.82) is 0 Å². The van der Waals surface area contributed by atoms with Gasteiger partial charge >= 0.3 is 88.7 Å². The van der Waals surface area contributed by atoms with Crippen LogP contribution in [0.3, 0.4) is 0 Å². The third-order valence-electron chi connectivity index (χ3n) is 1.00. The monoisotopic (exact) mass is 285 g/mol. The molecule has 0 N–H and O–H groups in total. The largest absolute Gasteiger partial charge is 1.00 e. The fraction of sp³-hybridized carbons (Fsp3) is 0. The van der Waals surface area contributed by atoms with Gasteiger partial charge in [0.05, 0.1) is 0 Å². The SMILES string of the molecule is S=Cc1nc(C=S)nc(C=S)n1.[H-].[H-].[H-].[Na+].[Na+].[Na+]. The molecule has 0 unspecified atom stereocenters. The van der Waals surface area contributed by atoms with E-state index in [1.54, 1.807) is 0 Å². The van der Waals surface area contributed by atoms with Gasteiger partial charge in [-0.05, 0) is 0 Å². The summed E-state index contributed by atoms with van der Waals surface area (Å²) in [7, 11) is 0. The molecule has 1 aromatic heterocycles. The average molecular weight is 285 g/mol. The van der Waals surface area contributed by atoms with Gasteiger partial charge in [-0.1, -0.05) is 36.7 Å². The molecule has 0 saturated carbocycles. The Morgan fingerprint density at radius 1 is 0.667 bits per heavy atom. The van der Waals surface area contributed by atoms with Gasteiger partial charge in [-0.3, -0.25) is 0 Å². The minimum Gasteiger partial charge on any atom is -1.00 e. The van der Waals surface area contributed by atoms with Crippen LogP contribution in [0.2, 0.25) is 0 Å². The smallest absolute Gasteiger partial charge is 1.00 e.